The second-order valence-corrected chi connectivity index (χ2v) is 8.37. The molecule has 0 bridgehead atoms. The molecule has 1 aromatic heterocycles. The first-order chi connectivity index (χ1) is 13.2. The molecule has 2 aromatic rings. The summed E-state index contributed by atoms with van der Waals surface area (Å²) in [5.74, 6) is -0.172. The second kappa shape index (κ2) is 7.70. The average Bonchev–Trinajstić information content (AvgIpc) is 2.66. The van der Waals surface area contributed by atoms with E-state index < -0.39 is 11.4 Å². The van der Waals surface area contributed by atoms with E-state index in [0.717, 1.165) is 42.8 Å². The summed E-state index contributed by atoms with van der Waals surface area (Å²) >= 11 is 0. The van der Waals surface area contributed by atoms with Crippen molar-refractivity contribution in [1.29, 1.82) is 0 Å². The summed E-state index contributed by atoms with van der Waals surface area (Å²) in [6.07, 6.45) is 2.95. The van der Waals surface area contributed by atoms with E-state index in [1.807, 2.05) is 38.7 Å². The maximum Gasteiger partial charge on any atom is 0.335 e. The van der Waals surface area contributed by atoms with Crippen molar-refractivity contribution in [1.82, 2.24) is 14.9 Å². The van der Waals surface area contributed by atoms with Crippen LogP contribution in [0.25, 0.3) is 11.3 Å². The lowest BCUT2D eigenvalue weighted by Gasteiger charge is -2.39. The first-order valence-electron chi connectivity index (χ1n) is 9.67. The second-order valence-electron chi connectivity index (χ2n) is 8.37. The van der Waals surface area contributed by atoms with Crippen molar-refractivity contribution < 1.29 is 14.7 Å². The zero-order chi connectivity index (χ0) is 20.5. The molecule has 2 heterocycles. The fourth-order valence-electron chi connectivity index (χ4n) is 3.61. The predicted molar refractivity (Wildman–Crippen MR) is 107 cm³/mol. The first-order valence-corrected chi connectivity index (χ1v) is 9.67. The zero-order valence-corrected chi connectivity index (χ0v) is 16.9. The van der Waals surface area contributed by atoms with Gasteiger partial charge in [-0.05, 0) is 44.4 Å². The number of aromatic nitrogens is 2. The van der Waals surface area contributed by atoms with Crippen LogP contribution in [0.1, 0.15) is 68.0 Å². The van der Waals surface area contributed by atoms with Crippen molar-refractivity contribution in [2.75, 3.05) is 6.54 Å². The molecule has 1 amide bonds. The van der Waals surface area contributed by atoms with Gasteiger partial charge < -0.3 is 10.0 Å². The number of rotatable bonds is 3. The molecule has 1 fully saturated rings. The van der Waals surface area contributed by atoms with Gasteiger partial charge in [-0.25, -0.2) is 14.8 Å². The van der Waals surface area contributed by atoms with Crippen LogP contribution >= 0.6 is 0 Å². The first kappa shape index (κ1) is 20.0. The van der Waals surface area contributed by atoms with E-state index in [0.29, 0.717) is 5.82 Å². The number of likely N-dealkylation sites (tertiary alicyclic amines) is 1. The molecule has 0 saturated carbocycles. The highest BCUT2D eigenvalue weighted by atomic mass is 16.4. The molecule has 148 valence electrons. The number of aryl methyl sites for hydroxylation is 1. The third kappa shape index (κ3) is 4.21. The van der Waals surface area contributed by atoms with Gasteiger partial charge in [0.05, 0.1) is 23.0 Å². The van der Waals surface area contributed by atoms with Crippen LogP contribution in [0.15, 0.2) is 30.3 Å². The van der Waals surface area contributed by atoms with Gasteiger partial charge >= 0.3 is 5.97 Å². The monoisotopic (exact) mass is 381 g/mol. The van der Waals surface area contributed by atoms with Crippen molar-refractivity contribution in [3.8, 4) is 11.3 Å². The fraction of sp³-hybridized carbons (Fsp3) is 0.455. The topological polar surface area (TPSA) is 83.4 Å². The summed E-state index contributed by atoms with van der Waals surface area (Å²) in [5, 5.41) is 9.09. The Kier molecular flexibility index (Phi) is 5.49. The van der Waals surface area contributed by atoms with Crippen LogP contribution in [-0.2, 0) is 4.79 Å². The Morgan fingerprint density at radius 1 is 1.11 bits per heavy atom. The minimum atomic E-state index is -0.954. The van der Waals surface area contributed by atoms with E-state index in [-0.39, 0.29) is 17.5 Å². The number of amides is 1. The molecule has 0 aliphatic carbocycles. The third-order valence-corrected chi connectivity index (χ3v) is 5.03. The van der Waals surface area contributed by atoms with Gasteiger partial charge in [0.1, 0.15) is 5.82 Å². The van der Waals surface area contributed by atoms with Crippen LogP contribution in [-0.4, -0.2) is 38.4 Å². The smallest absolute Gasteiger partial charge is 0.335 e. The number of carbonyl (C=O) groups excluding carboxylic acids is 1. The summed E-state index contributed by atoms with van der Waals surface area (Å²) in [7, 11) is 0. The highest BCUT2D eigenvalue weighted by Gasteiger charge is 2.35. The Morgan fingerprint density at radius 2 is 1.79 bits per heavy atom. The van der Waals surface area contributed by atoms with E-state index in [4.69, 9.17) is 5.11 Å². The van der Waals surface area contributed by atoms with Crippen LogP contribution in [0, 0.1) is 12.3 Å². The molecule has 1 aromatic carbocycles. The average molecular weight is 381 g/mol. The molecule has 1 saturated heterocycles. The molecular weight excluding hydrogens is 354 g/mol. The van der Waals surface area contributed by atoms with E-state index in [1.165, 1.54) is 0 Å². The minimum absolute atomic E-state index is 0.0563. The SMILES string of the molecule is Cc1nc(-c2ccc(C(=O)O)cc2)cc([C@@H]2CCCCN2C(=O)C(C)(C)C)n1. The summed E-state index contributed by atoms with van der Waals surface area (Å²) < 4.78 is 0. The Labute approximate surface area is 165 Å². The molecule has 1 N–H and O–H groups in total. The molecule has 1 aliphatic heterocycles. The Balaban J connectivity index is 1.97. The zero-order valence-electron chi connectivity index (χ0n) is 16.9. The van der Waals surface area contributed by atoms with Gasteiger partial charge in [0.2, 0.25) is 5.91 Å². The van der Waals surface area contributed by atoms with Crippen LogP contribution in [0.3, 0.4) is 0 Å². The van der Waals surface area contributed by atoms with Crippen LogP contribution in [0.5, 0.6) is 0 Å². The summed E-state index contributed by atoms with van der Waals surface area (Å²) in [6, 6.07) is 8.54. The summed E-state index contributed by atoms with van der Waals surface area (Å²) in [5.41, 5.74) is 2.23. The molecular formula is C22H27N3O3. The van der Waals surface area contributed by atoms with Gasteiger partial charge in [0.15, 0.2) is 0 Å². The summed E-state index contributed by atoms with van der Waals surface area (Å²) in [6.45, 7) is 8.43. The van der Waals surface area contributed by atoms with Gasteiger partial charge in [0, 0.05) is 17.5 Å². The molecule has 6 heteroatoms. The number of aromatic carboxylic acids is 1. The number of carboxylic acids is 1. The molecule has 28 heavy (non-hydrogen) atoms. The highest BCUT2D eigenvalue weighted by molar-refractivity contribution is 5.88. The van der Waals surface area contributed by atoms with E-state index in [9.17, 15) is 9.59 Å². The van der Waals surface area contributed by atoms with E-state index >= 15 is 0 Å². The van der Waals surface area contributed by atoms with Crippen molar-refractivity contribution in [3.05, 3.63) is 47.4 Å². The molecule has 0 unspecified atom stereocenters. The molecule has 0 radical (unpaired) electrons. The number of piperidine rings is 1. The molecule has 1 atom stereocenters. The molecule has 1 aliphatic rings. The minimum Gasteiger partial charge on any atom is -0.478 e. The standard InChI is InChI=1S/C22H27N3O3/c1-14-23-17(15-8-10-16(11-9-15)20(26)27)13-18(24-14)19-7-5-6-12-25(19)21(28)22(2,3)4/h8-11,13,19H,5-7,12H2,1-4H3,(H,26,27)/t19-/m0/s1. The number of benzene rings is 1. The number of hydrogen-bond donors (Lipinski definition) is 1. The lowest BCUT2D eigenvalue weighted by atomic mass is 9.90. The van der Waals surface area contributed by atoms with Crippen LogP contribution in [0.2, 0.25) is 0 Å². The Hall–Kier alpha value is -2.76. The van der Waals surface area contributed by atoms with Gasteiger partial charge in [-0.2, -0.15) is 0 Å². The van der Waals surface area contributed by atoms with E-state index in [1.54, 1.807) is 24.3 Å². The normalized spacial score (nSPS) is 17.4. The summed E-state index contributed by atoms with van der Waals surface area (Å²) in [4.78, 5) is 35.2. The van der Waals surface area contributed by atoms with Crippen molar-refractivity contribution in [3.63, 3.8) is 0 Å². The third-order valence-electron chi connectivity index (χ3n) is 5.03. The van der Waals surface area contributed by atoms with Crippen LogP contribution < -0.4 is 0 Å². The van der Waals surface area contributed by atoms with Crippen molar-refractivity contribution in [2.45, 2.75) is 53.0 Å². The van der Waals surface area contributed by atoms with E-state index in [2.05, 4.69) is 9.97 Å². The Morgan fingerprint density at radius 3 is 2.39 bits per heavy atom. The molecule has 0 spiro atoms. The van der Waals surface area contributed by atoms with Gasteiger partial charge in [-0.1, -0.05) is 32.9 Å². The number of nitrogens with zero attached hydrogens (tertiary/aromatic N) is 3. The maximum atomic E-state index is 13.0. The van der Waals surface area contributed by atoms with Gasteiger partial charge in [0.25, 0.3) is 0 Å². The quantitative estimate of drug-likeness (QED) is 0.859. The number of hydrogen-bond acceptors (Lipinski definition) is 4. The Bertz CT molecular complexity index is 885. The van der Waals surface area contributed by atoms with Gasteiger partial charge in [-0.3, -0.25) is 4.79 Å². The van der Waals surface area contributed by atoms with Crippen molar-refractivity contribution in [2.24, 2.45) is 5.41 Å². The lowest BCUT2D eigenvalue weighted by Crippen LogP contribution is -2.44. The highest BCUT2D eigenvalue weighted by Crippen LogP contribution is 2.34. The van der Waals surface area contributed by atoms with Gasteiger partial charge in [-0.15, -0.1) is 0 Å². The number of carboxylic acid groups (broad SMARTS) is 1. The fourth-order valence-corrected chi connectivity index (χ4v) is 3.61. The lowest BCUT2D eigenvalue weighted by molar-refractivity contribution is -0.143. The van der Waals surface area contributed by atoms with Crippen LogP contribution in [0.4, 0.5) is 0 Å². The molecule has 3 rings (SSSR count). The van der Waals surface area contributed by atoms with Crippen molar-refractivity contribution >= 4 is 11.9 Å². The molecule has 6 nitrogen and oxygen atoms in total. The maximum absolute atomic E-state index is 13.0. The number of carbonyl (C=O) groups is 2. The predicted octanol–water partition coefficient (Wildman–Crippen LogP) is 4.25. The largest absolute Gasteiger partial charge is 0.478 e.